The maximum Gasteiger partial charge on any atom is 0.408 e. The van der Waals surface area contributed by atoms with E-state index in [1.807, 2.05) is 13.8 Å². The second-order valence-corrected chi connectivity index (χ2v) is 6.83. The highest BCUT2D eigenvalue weighted by Crippen LogP contribution is 2.21. The van der Waals surface area contributed by atoms with Crippen molar-refractivity contribution in [1.82, 2.24) is 10.2 Å². The highest BCUT2D eigenvalue weighted by atomic mass is 16.6. The van der Waals surface area contributed by atoms with Gasteiger partial charge in [-0.1, -0.05) is 20.3 Å². The van der Waals surface area contributed by atoms with Crippen molar-refractivity contribution in [2.45, 2.75) is 71.6 Å². The first kappa shape index (κ1) is 18.3. The van der Waals surface area contributed by atoms with E-state index in [4.69, 9.17) is 10.00 Å². The molecule has 6 heteroatoms. The van der Waals surface area contributed by atoms with Gasteiger partial charge in [0.15, 0.2) is 0 Å². The Morgan fingerprint density at radius 2 is 2.09 bits per heavy atom. The number of nitrogens with one attached hydrogen (secondary N) is 1. The van der Waals surface area contributed by atoms with Crippen molar-refractivity contribution < 1.29 is 14.3 Å². The standard InChI is InChI=1S/C16H27N3O3/c1-6-11(2)13(18-15(21)22-16(3,4)5)14(20)19-9-7-8-12(19)10-17/h11-13H,6-9H2,1-5H3,(H,18,21)/t11-,12?,13-/m0/s1. The molecule has 0 radical (unpaired) electrons. The van der Waals surface area contributed by atoms with Crippen molar-refractivity contribution in [1.29, 1.82) is 5.26 Å². The topological polar surface area (TPSA) is 82.4 Å². The van der Waals surface area contributed by atoms with Gasteiger partial charge in [0, 0.05) is 6.54 Å². The van der Waals surface area contributed by atoms with Crippen molar-refractivity contribution in [2.75, 3.05) is 6.54 Å². The fourth-order valence-corrected chi connectivity index (χ4v) is 2.46. The van der Waals surface area contributed by atoms with Gasteiger partial charge in [-0.05, 0) is 39.5 Å². The second-order valence-electron chi connectivity index (χ2n) is 6.83. The van der Waals surface area contributed by atoms with Crippen LogP contribution < -0.4 is 5.32 Å². The molecule has 1 N–H and O–H groups in total. The molecule has 1 aliphatic heterocycles. The van der Waals surface area contributed by atoms with Crippen molar-refractivity contribution in [3.63, 3.8) is 0 Å². The second kappa shape index (κ2) is 7.48. The third-order valence-electron chi connectivity index (χ3n) is 3.84. The highest BCUT2D eigenvalue weighted by molar-refractivity contribution is 5.86. The van der Waals surface area contributed by atoms with Crippen LogP contribution in [0.2, 0.25) is 0 Å². The largest absolute Gasteiger partial charge is 0.444 e. The molecule has 0 aromatic heterocycles. The molecule has 0 spiro atoms. The molecule has 1 saturated heterocycles. The lowest BCUT2D eigenvalue weighted by molar-refractivity contribution is -0.134. The van der Waals surface area contributed by atoms with Gasteiger partial charge in [-0.15, -0.1) is 0 Å². The van der Waals surface area contributed by atoms with Gasteiger partial charge in [0.25, 0.3) is 0 Å². The summed E-state index contributed by atoms with van der Waals surface area (Å²) in [6, 6.07) is 1.11. The Kier molecular flexibility index (Phi) is 6.21. The van der Waals surface area contributed by atoms with E-state index in [9.17, 15) is 9.59 Å². The molecule has 1 heterocycles. The molecule has 3 atom stereocenters. The van der Waals surface area contributed by atoms with Crippen LogP contribution >= 0.6 is 0 Å². The summed E-state index contributed by atoms with van der Waals surface area (Å²) in [7, 11) is 0. The molecule has 0 bridgehead atoms. The Hall–Kier alpha value is -1.77. The molecule has 2 amide bonds. The normalized spacial score (nSPS) is 20.9. The van der Waals surface area contributed by atoms with Gasteiger partial charge in [0.1, 0.15) is 17.7 Å². The number of ether oxygens (including phenoxy) is 1. The number of likely N-dealkylation sites (tertiary alicyclic amines) is 1. The van der Waals surface area contributed by atoms with Gasteiger partial charge in [-0.3, -0.25) is 4.79 Å². The molecule has 0 aliphatic carbocycles. The Bertz CT molecular complexity index is 451. The quantitative estimate of drug-likeness (QED) is 0.864. The molecule has 0 aromatic rings. The number of alkyl carbamates (subject to hydrolysis) is 1. The van der Waals surface area contributed by atoms with E-state index < -0.39 is 17.7 Å². The lowest BCUT2D eigenvalue weighted by Gasteiger charge is -2.30. The zero-order valence-corrected chi connectivity index (χ0v) is 14.2. The fourth-order valence-electron chi connectivity index (χ4n) is 2.46. The molecule has 1 rings (SSSR count). The number of hydrogen-bond donors (Lipinski definition) is 1. The number of amides is 2. The summed E-state index contributed by atoms with van der Waals surface area (Å²) in [5.74, 6) is -0.218. The number of carbonyl (C=O) groups excluding carboxylic acids is 2. The molecule has 1 unspecified atom stereocenters. The molecule has 0 aromatic carbocycles. The van der Waals surface area contributed by atoms with E-state index in [0.717, 1.165) is 12.8 Å². The van der Waals surface area contributed by atoms with Crippen LogP contribution in [0.5, 0.6) is 0 Å². The van der Waals surface area contributed by atoms with Gasteiger partial charge >= 0.3 is 6.09 Å². The zero-order chi connectivity index (χ0) is 16.9. The van der Waals surface area contributed by atoms with Crippen LogP contribution in [0.15, 0.2) is 0 Å². The molecule has 0 saturated carbocycles. The third kappa shape index (κ3) is 4.90. The number of nitriles is 1. The van der Waals surface area contributed by atoms with Crippen molar-refractivity contribution in [3.8, 4) is 6.07 Å². The highest BCUT2D eigenvalue weighted by Gasteiger charge is 2.36. The van der Waals surface area contributed by atoms with Crippen molar-refractivity contribution >= 4 is 12.0 Å². The van der Waals surface area contributed by atoms with Crippen molar-refractivity contribution in [3.05, 3.63) is 0 Å². The summed E-state index contributed by atoms with van der Waals surface area (Å²) in [4.78, 5) is 26.3. The average molecular weight is 309 g/mol. The Balaban J connectivity index is 2.82. The monoisotopic (exact) mass is 309 g/mol. The lowest BCUT2D eigenvalue weighted by Crippen LogP contribution is -2.53. The van der Waals surface area contributed by atoms with E-state index in [0.29, 0.717) is 13.0 Å². The zero-order valence-electron chi connectivity index (χ0n) is 14.2. The minimum absolute atomic E-state index is 0.0278. The van der Waals surface area contributed by atoms with E-state index in [2.05, 4.69) is 11.4 Å². The number of rotatable bonds is 4. The van der Waals surface area contributed by atoms with E-state index in [1.54, 1.807) is 25.7 Å². The molecule has 1 aliphatic rings. The van der Waals surface area contributed by atoms with Crippen LogP contribution in [0, 0.1) is 17.2 Å². The molecule has 124 valence electrons. The molecular weight excluding hydrogens is 282 g/mol. The van der Waals surface area contributed by atoms with Gasteiger partial charge < -0.3 is 15.0 Å². The smallest absolute Gasteiger partial charge is 0.408 e. The van der Waals surface area contributed by atoms with Crippen LogP contribution in [0.25, 0.3) is 0 Å². The van der Waals surface area contributed by atoms with Gasteiger partial charge in [-0.25, -0.2) is 4.79 Å². The maximum atomic E-state index is 12.7. The van der Waals surface area contributed by atoms with Gasteiger partial charge in [0.05, 0.1) is 6.07 Å². The molecule has 1 fully saturated rings. The number of carbonyl (C=O) groups is 2. The Morgan fingerprint density at radius 1 is 1.45 bits per heavy atom. The molecule has 22 heavy (non-hydrogen) atoms. The van der Waals surface area contributed by atoms with E-state index >= 15 is 0 Å². The predicted molar refractivity (Wildman–Crippen MR) is 83.0 cm³/mol. The SMILES string of the molecule is CC[C@H](C)[C@H](NC(=O)OC(C)(C)C)C(=O)N1CCCC1C#N. The number of nitrogens with zero attached hydrogens (tertiary/aromatic N) is 2. The molecule has 6 nitrogen and oxygen atoms in total. The molecular formula is C16H27N3O3. The average Bonchev–Trinajstić information content (AvgIpc) is 2.89. The summed E-state index contributed by atoms with van der Waals surface area (Å²) in [5.41, 5.74) is -0.615. The van der Waals surface area contributed by atoms with Crippen LogP contribution in [-0.2, 0) is 9.53 Å². The van der Waals surface area contributed by atoms with Crippen LogP contribution in [0.1, 0.15) is 53.9 Å². The van der Waals surface area contributed by atoms with E-state index in [-0.39, 0.29) is 17.9 Å². The Morgan fingerprint density at radius 3 is 2.59 bits per heavy atom. The van der Waals surface area contributed by atoms with Crippen LogP contribution in [-0.4, -0.2) is 41.1 Å². The number of hydrogen-bond acceptors (Lipinski definition) is 4. The first-order valence-corrected chi connectivity index (χ1v) is 7.89. The Labute approximate surface area is 132 Å². The summed E-state index contributed by atoms with van der Waals surface area (Å²) < 4.78 is 5.24. The predicted octanol–water partition coefficient (Wildman–Crippen LogP) is 2.44. The minimum atomic E-state index is -0.659. The first-order valence-electron chi connectivity index (χ1n) is 7.89. The summed E-state index contributed by atoms with van der Waals surface area (Å²) >= 11 is 0. The van der Waals surface area contributed by atoms with Crippen LogP contribution in [0.3, 0.4) is 0 Å². The van der Waals surface area contributed by atoms with Crippen molar-refractivity contribution in [2.24, 2.45) is 5.92 Å². The van der Waals surface area contributed by atoms with E-state index in [1.165, 1.54) is 0 Å². The lowest BCUT2D eigenvalue weighted by atomic mass is 9.97. The van der Waals surface area contributed by atoms with Gasteiger partial charge in [0.2, 0.25) is 5.91 Å². The third-order valence-corrected chi connectivity index (χ3v) is 3.84. The summed E-state index contributed by atoms with van der Waals surface area (Å²) in [6.45, 7) is 9.78. The minimum Gasteiger partial charge on any atom is -0.444 e. The maximum absolute atomic E-state index is 12.7. The summed E-state index contributed by atoms with van der Waals surface area (Å²) in [6.07, 6.45) is 1.67. The fraction of sp³-hybridized carbons (Fsp3) is 0.812. The first-order chi connectivity index (χ1) is 10.2. The van der Waals surface area contributed by atoms with Gasteiger partial charge in [-0.2, -0.15) is 5.26 Å². The van der Waals surface area contributed by atoms with Crippen LogP contribution in [0.4, 0.5) is 4.79 Å². The summed E-state index contributed by atoms with van der Waals surface area (Å²) in [5, 5.41) is 11.8.